The van der Waals surface area contributed by atoms with Crippen molar-refractivity contribution in [3.8, 4) is 0 Å². The first-order chi connectivity index (χ1) is 4.09. The molecule has 4 heteroatoms. The zero-order valence-corrected chi connectivity index (χ0v) is 7.37. The summed E-state index contributed by atoms with van der Waals surface area (Å²) in [4.78, 5) is 10.4. The van der Waals surface area contributed by atoms with E-state index in [0.29, 0.717) is 5.57 Å². The zero-order valence-electron chi connectivity index (χ0n) is 5.97. The molecule has 1 N–H and O–H groups in total. The molecule has 0 fully saturated rings. The quantitative estimate of drug-likeness (QED) is 0.501. The number of nitrogens with one attached hydrogen (secondary N) is 1. The van der Waals surface area contributed by atoms with E-state index in [-0.39, 0.29) is 24.3 Å². The van der Waals surface area contributed by atoms with Crippen molar-refractivity contribution in [2.45, 2.75) is 6.92 Å². The Hall–Kier alpha value is -0.536. The fraction of sp³-hybridized carbons (Fsp3) is 0.333. The second-order valence-corrected chi connectivity index (χ2v) is 1.65. The summed E-state index contributed by atoms with van der Waals surface area (Å²) in [6, 6.07) is 0. The van der Waals surface area contributed by atoms with Gasteiger partial charge in [0, 0.05) is 18.6 Å². The van der Waals surface area contributed by atoms with Gasteiger partial charge < -0.3 is 4.74 Å². The molecule has 10 heavy (non-hydrogen) atoms. The van der Waals surface area contributed by atoms with E-state index >= 15 is 0 Å². The van der Waals surface area contributed by atoms with Gasteiger partial charge in [-0.25, -0.2) is 4.79 Å². The molecule has 0 spiro atoms. The molecule has 0 aliphatic heterocycles. The van der Waals surface area contributed by atoms with Crippen LogP contribution in [0.15, 0.2) is 12.2 Å². The van der Waals surface area contributed by atoms with Gasteiger partial charge in [-0.2, -0.15) is 0 Å². The van der Waals surface area contributed by atoms with Gasteiger partial charge in [0.05, 0.1) is 7.11 Å². The van der Waals surface area contributed by atoms with Gasteiger partial charge >= 0.3 is 5.97 Å². The minimum absolute atomic E-state index is 0. The Labute approximate surface area is 71.8 Å². The van der Waals surface area contributed by atoms with Gasteiger partial charge in [0.2, 0.25) is 0 Å². The van der Waals surface area contributed by atoms with Gasteiger partial charge in [0.1, 0.15) is 5.71 Å². The molecule has 0 rings (SSSR count). The first kappa shape index (κ1) is 12.2. The zero-order chi connectivity index (χ0) is 7.44. The van der Waals surface area contributed by atoms with Crippen LogP contribution >= 0.6 is 0 Å². The molecule has 0 bridgehead atoms. The second-order valence-electron chi connectivity index (χ2n) is 1.65. The summed E-state index contributed by atoms with van der Waals surface area (Å²) >= 11 is 0. The molecule has 0 unspecified atom stereocenters. The van der Waals surface area contributed by atoms with Gasteiger partial charge in [-0.05, 0) is 12.5 Å². The molecule has 0 aliphatic carbocycles. The molecule has 1 radical (unpaired) electrons. The average Bonchev–Trinajstić information content (AvgIpc) is 1.84. The second kappa shape index (κ2) is 5.27. The number of hydrogen-bond donors (Lipinski definition) is 1. The Kier molecular flexibility index (Phi) is 6.41. The van der Waals surface area contributed by atoms with Crippen LogP contribution in [0, 0.1) is 5.41 Å². The minimum Gasteiger partial charge on any atom is -0.464 e. The van der Waals surface area contributed by atoms with Gasteiger partial charge in [0.25, 0.3) is 0 Å². The van der Waals surface area contributed by atoms with E-state index in [1.165, 1.54) is 7.11 Å². The molecule has 0 aliphatic rings. The fourth-order valence-corrected chi connectivity index (χ4v) is 0.276. The standard InChI is InChI=1S/C6H9NO2.V/c1-4(2)5(7)6(8)9-3;/h7H,1H2,2-3H3;. The van der Waals surface area contributed by atoms with Crippen molar-refractivity contribution in [1.29, 1.82) is 5.41 Å². The number of methoxy groups -OCH3 is 1. The number of ether oxygens (including phenoxy) is 1. The predicted octanol–water partition coefficient (Wildman–Crippen LogP) is 0.753. The van der Waals surface area contributed by atoms with Crippen LogP contribution in [0.2, 0.25) is 0 Å². The molecule has 3 nitrogen and oxygen atoms in total. The smallest absolute Gasteiger partial charge is 0.356 e. The molecule has 0 saturated carbocycles. The van der Waals surface area contributed by atoms with E-state index in [4.69, 9.17) is 5.41 Å². The van der Waals surface area contributed by atoms with E-state index in [1.54, 1.807) is 6.92 Å². The van der Waals surface area contributed by atoms with Gasteiger partial charge in [-0.3, -0.25) is 5.41 Å². The number of carbonyl (C=O) groups is 1. The van der Waals surface area contributed by atoms with Crippen LogP contribution in [-0.4, -0.2) is 18.8 Å². The normalized spacial score (nSPS) is 7.40. The molecule has 0 aromatic heterocycles. The molecule has 0 amide bonds. The van der Waals surface area contributed by atoms with Crippen molar-refractivity contribution >= 4 is 11.7 Å². The summed E-state index contributed by atoms with van der Waals surface area (Å²) in [7, 11) is 1.24. The summed E-state index contributed by atoms with van der Waals surface area (Å²) < 4.78 is 4.25. The van der Waals surface area contributed by atoms with Crippen LogP contribution in [0.25, 0.3) is 0 Å². The van der Waals surface area contributed by atoms with Crippen LogP contribution in [0.5, 0.6) is 0 Å². The van der Waals surface area contributed by atoms with Gasteiger partial charge in [-0.1, -0.05) is 6.58 Å². The number of carbonyl (C=O) groups excluding carboxylic acids is 1. The van der Waals surface area contributed by atoms with Crippen molar-refractivity contribution in [2.24, 2.45) is 0 Å². The molecular weight excluding hydrogens is 169 g/mol. The third-order valence-electron chi connectivity index (χ3n) is 0.816. The molecule has 55 valence electrons. The van der Waals surface area contributed by atoms with Crippen LogP contribution in [-0.2, 0) is 28.1 Å². The van der Waals surface area contributed by atoms with Crippen molar-refractivity contribution in [3.05, 3.63) is 12.2 Å². The number of rotatable bonds is 2. The van der Waals surface area contributed by atoms with E-state index in [0.717, 1.165) is 0 Å². The van der Waals surface area contributed by atoms with Gasteiger partial charge in [0.15, 0.2) is 0 Å². The maximum Gasteiger partial charge on any atom is 0.356 e. The number of hydrogen-bond acceptors (Lipinski definition) is 3. The first-order valence-electron chi connectivity index (χ1n) is 2.42. The third kappa shape index (κ3) is 3.48. The summed E-state index contributed by atoms with van der Waals surface area (Å²) in [5, 5.41) is 6.98. The Morgan fingerprint density at radius 1 is 1.60 bits per heavy atom. The Balaban J connectivity index is 0. The molecule has 0 saturated heterocycles. The largest absolute Gasteiger partial charge is 0.464 e. The first-order valence-corrected chi connectivity index (χ1v) is 2.42. The minimum atomic E-state index is -0.637. The summed E-state index contributed by atoms with van der Waals surface area (Å²) in [6.45, 7) is 4.98. The summed E-state index contributed by atoms with van der Waals surface area (Å²) in [6.07, 6.45) is 0. The molecule has 0 atom stereocenters. The average molecular weight is 178 g/mol. The van der Waals surface area contributed by atoms with Crippen molar-refractivity contribution in [3.63, 3.8) is 0 Å². The fourth-order valence-electron chi connectivity index (χ4n) is 0.276. The van der Waals surface area contributed by atoms with Crippen LogP contribution in [0.4, 0.5) is 0 Å². The maximum atomic E-state index is 10.4. The number of esters is 1. The molecule has 0 heterocycles. The molecule has 0 aromatic rings. The van der Waals surface area contributed by atoms with Crippen molar-refractivity contribution in [2.75, 3.05) is 7.11 Å². The Bertz CT molecular complexity index is 165. The maximum absolute atomic E-state index is 10.4. The van der Waals surface area contributed by atoms with Crippen molar-refractivity contribution < 1.29 is 28.1 Å². The Morgan fingerprint density at radius 2 is 2.00 bits per heavy atom. The van der Waals surface area contributed by atoms with Gasteiger partial charge in [-0.15, -0.1) is 0 Å². The van der Waals surface area contributed by atoms with Crippen LogP contribution < -0.4 is 0 Å². The Morgan fingerprint density at radius 3 is 2.10 bits per heavy atom. The molecular formula is C6H9NO2V. The van der Waals surface area contributed by atoms with E-state index in [9.17, 15) is 4.79 Å². The summed E-state index contributed by atoms with van der Waals surface area (Å²) in [5.74, 6) is -0.637. The van der Waals surface area contributed by atoms with Crippen LogP contribution in [0.1, 0.15) is 6.92 Å². The van der Waals surface area contributed by atoms with E-state index < -0.39 is 5.97 Å². The SMILES string of the molecule is C=C(C)C(=N)C(=O)OC.[V]. The topological polar surface area (TPSA) is 50.2 Å². The third-order valence-corrected chi connectivity index (χ3v) is 0.816. The van der Waals surface area contributed by atoms with E-state index in [2.05, 4.69) is 11.3 Å². The molecule has 0 aromatic carbocycles. The summed E-state index contributed by atoms with van der Waals surface area (Å²) in [5.41, 5.74) is 0.249. The van der Waals surface area contributed by atoms with E-state index in [1.807, 2.05) is 0 Å². The van der Waals surface area contributed by atoms with Crippen LogP contribution in [0.3, 0.4) is 0 Å². The van der Waals surface area contributed by atoms with Crippen molar-refractivity contribution in [1.82, 2.24) is 0 Å². The monoisotopic (exact) mass is 178 g/mol. The predicted molar refractivity (Wildman–Crippen MR) is 34.6 cm³/mol.